The normalized spacial score (nSPS) is 21.9. The number of amides is 1. The number of hydrogen-bond donors (Lipinski definition) is 2. The molecule has 7 heteroatoms. The molecular weight excluding hydrogens is 276 g/mol. The van der Waals surface area contributed by atoms with E-state index in [0.717, 1.165) is 0 Å². The molecule has 0 radical (unpaired) electrons. The van der Waals surface area contributed by atoms with Gasteiger partial charge in [0.15, 0.2) is 5.58 Å². The Morgan fingerprint density at radius 3 is 2.81 bits per heavy atom. The molecule has 1 aromatic heterocycles. The second kappa shape index (κ2) is 4.76. The Morgan fingerprint density at radius 2 is 2.14 bits per heavy atom. The Kier molecular flexibility index (Phi) is 3.04. The summed E-state index contributed by atoms with van der Waals surface area (Å²) in [5, 5.41) is 9.13. The minimum atomic E-state index is -0.899. The highest BCUT2D eigenvalue weighted by Gasteiger charge is 2.37. The van der Waals surface area contributed by atoms with Crippen LogP contribution in [0, 0.1) is 11.8 Å². The van der Waals surface area contributed by atoms with Gasteiger partial charge in [0.2, 0.25) is 0 Å². The lowest BCUT2D eigenvalue weighted by Crippen LogP contribution is -2.30. The predicted octanol–water partition coefficient (Wildman–Crippen LogP) is 0.914. The van der Waals surface area contributed by atoms with Crippen molar-refractivity contribution in [1.82, 2.24) is 9.88 Å². The summed E-state index contributed by atoms with van der Waals surface area (Å²) in [6.07, 6.45) is 0. The van der Waals surface area contributed by atoms with Crippen molar-refractivity contribution in [2.24, 2.45) is 11.8 Å². The molecule has 7 nitrogen and oxygen atoms in total. The Labute approximate surface area is 119 Å². The third kappa shape index (κ3) is 2.20. The number of carboxylic acids is 1. The molecule has 110 valence electrons. The number of H-pyrrole nitrogens is 1. The van der Waals surface area contributed by atoms with Crippen LogP contribution in [0.5, 0.6) is 0 Å². The van der Waals surface area contributed by atoms with Gasteiger partial charge in [0.05, 0.1) is 17.0 Å². The highest BCUT2D eigenvalue weighted by Crippen LogP contribution is 2.26. The van der Waals surface area contributed by atoms with E-state index in [1.54, 1.807) is 18.2 Å². The topological polar surface area (TPSA) is 104 Å². The molecule has 2 atom stereocenters. The second-order valence-electron chi connectivity index (χ2n) is 5.33. The number of carboxylic acid groups (broad SMARTS) is 1. The fourth-order valence-corrected chi connectivity index (χ4v) is 2.77. The van der Waals surface area contributed by atoms with Crippen molar-refractivity contribution >= 4 is 23.0 Å². The average molecular weight is 290 g/mol. The van der Waals surface area contributed by atoms with E-state index in [1.165, 1.54) is 4.90 Å². The van der Waals surface area contributed by atoms with Crippen LogP contribution < -0.4 is 5.76 Å². The minimum absolute atomic E-state index is 0.108. The molecule has 2 N–H and O–H groups in total. The molecule has 0 bridgehead atoms. The summed E-state index contributed by atoms with van der Waals surface area (Å²) < 4.78 is 5.01. The van der Waals surface area contributed by atoms with E-state index in [4.69, 9.17) is 9.52 Å². The fourth-order valence-electron chi connectivity index (χ4n) is 2.77. The van der Waals surface area contributed by atoms with Crippen LogP contribution in [-0.4, -0.2) is 40.0 Å². The van der Waals surface area contributed by atoms with Gasteiger partial charge >= 0.3 is 11.7 Å². The number of para-hydroxylation sites is 1. The SMILES string of the molecule is C[C@@H]1CN(C(=O)c2cccc3[nH]c(=O)oc23)C[C@H]1C(=O)O. The molecule has 1 saturated heterocycles. The third-order valence-corrected chi connectivity index (χ3v) is 3.89. The lowest BCUT2D eigenvalue weighted by molar-refractivity contribution is -0.142. The van der Waals surface area contributed by atoms with E-state index >= 15 is 0 Å². The molecule has 1 fully saturated rings. The first-order valence-electron chi connectivity index (χ1n) is 6.61. The second-order valence-corrected chi connectivity index (χ2v) is 5.33. The van der Waals surface area contributed by atoms with Crippen molar-refractivity contribution in [2.45, 2.75) is 6.92 Å². The van der Waals surface area contributed by atoms with Crippen molar-refractivity contribution in [3.05, 3.63) is 34.3 Å². The first-order chi connectivity index (χ1) is 9.97. The molecule has 1 aliphatic rings. The van der Waals surface area contributed by atoms with Crippen LogP contribution in [0.3, 0.4) is 0 Å². The largest absolute Gasteiger partial charge is 0.481 e. The number of aliphatic carboxylic acids is 1. The smallest absolute Gasteiger partial charge is 0.417 e. The Hall–Kier alpha value is -2.57. The summed E-state index contributed by atoms with van der Waals surface area (Å²) in [6, 6.07) is 4.86. The highest BCUT2D eigenvalue weighted by atomic mass is 16.4. The fraction of sp³-hybridized carbons (Fsp3) is 0.357. The van der Waals surface area contributed by atoms with Crippen LogP contribution >= 0.6 is 0 Å². The van der Waals surface area contributed by atoms with E-state index in [0.29, 0.717) is 12.1 Å². The van der Waals surface area contributed by atoms with Crippen molar-refractivity contribution in [3.8, 4) is 0 Å². The number of carbonyl (C=O) groups excluding carboxylic acids is 1. The highest BCUT2D eigenvalue weighted by molar-refractivity contribution is 6.04. The maximum Gasteiger partial charge on any atom is 0.417 e. The monoisotopic (exact) mass is 290 g/mol. The number of benzene rings is 1. The number of nitrogens with one attached hydrogen (secondary N) is 1. The Bertz CT molecular complexity index is 775. The van der Waals surface area contributed by atoms with Crippen molar-refractivity contribution in [2.75, 3.05) is 13.1 Å². The molecule has 0 saturated carbocycles. The summed E-state index contributed by atoms with van der Waals surface area (Å²) in [7, 11) is 0. The summed E-state index contributed by atoms with van der Waals surface area (Å²) >= 11 is 0. The van der Waals surface area contributed by atoms with Gasteiger partial charge in [0.1, 0.15) is 0 Å². The summed E-state index contributed by atoms with van der Waals surface area (Å²) in [6.45, 7) is 2.35. The van der Waals surface area contributed by atoms with Gasteiger partial charge in [0.25, 0.3) is 5.91 Å². The molecule has 2 aromatic rings. The lowest BCUT2D eigenvalue weighted by Gasteiger charge is -2.15. The van der Waals surface area contributed by atoms with Gasteiger partial charge < -0.3 is 14.4 Å². The lowest BCUT2D eigenvalue weighted by atomic mass is 9.99. The number of fused-ring (bicyclic) bond motifs is 1. The van der Waals surface area contributed by atoms with Gasteiger partial charge in [-0.1, -0.05) is 13.0 Å². The van der Waals surface area contributed by atoms with E-state index in [9.17, 15) is 14.4 Å². The molecular formula is C14H14N2O5. The van der Waals surface area contributed by atoms with Crippen LogP contribution in [-0.2, 0) is 4.79 Å². The van der Waals surface area contributed by atoms with Crippen molar-refractivity contribution in [3.63, 3.8) is 0 Å². The number of carbonyl (C=O) groups is 2. The van der Waals surface area contributed by atoms with Crippen LogP contribution in [0.4, 0.5) is 0 Å². The number of oxazole rings is 1. The van der Waals surface area contributed by atoms with Gasteiger partial charge in [-0.05, 0) is 18.1 Å². The van der Waals surface area contributed by atoms with Crippen LogP contribution in [0.25, 0.3) is 11.1 Å². The predicted molar refractivity (Wildman–Crippen MR) is 73.0 cm³/mol. The summed E-state index contributed by atoms with van der Waals surface area (Å²) in [5.41, 5.74) is 0.927. The number of likely N-dealkylation sites (tertiary alicyclic amines) is 1. The van der Waals surface area contributed by atoms with Gasteiger partial charge in [-0.25, -0.2) is 4.79 Å². The zero-order valence-electron chi connectivity index (χ0n) is 11.3. The van der Waals surface area contributed by atoms with E-state index < -0.39 is 17.6 Å². The third-order valence-electron chi connectivity index (χ3n) is 3.89. The zero-order chi connectivity index (χ0) is 15.1. The van der Waals surface area contributed by atoms with Gasteiger partial charge in [-0.2, -0.15) is 0 Å². The van der Waals surface area contributed by atoms with Crippen molar-refractivity contribution < 1.29 is 19.1 Å². The number of nitrogens with zero attached hydrogens (tertiary/aromatic N) is 1. The molecule has 3 rings (SSSR count). The van der Waals surface area contributed by atoms with Crippen LogP contribution in [0.2, 0.25) is 0 Å². The molecule has 0 aliphatic carbocycles. The zero-order valence-corrected chi connectivity index (χ0v) is 11.3. The summed E-state index contributed by atoms with van der Waals surface area (Å²) in [4.78, 5) is 38.9. The molecule has 0 unspecified atom stereocenters. The number of aromatic nitrogens is 1. The Morgan fingerprint density at radius 1 is 1.38 bits per heavy atom. The molecule has 1 amide bonds. The van der Waals surface area contributed by atoms with E-state index in [1.807, 2.05) is 6.92 Å². The maximum absolute atomic E-state index is 12.5. The standard InChI is InChI=1S/C14H14N2O5/c1-7-5-16(6-9(7)13(18)19)12(17)8-3-2-4-10-11(8)21-14(20)15-10/h2-4,7,9H,5-6H2,1H3,(H,15,20)(H,18,19)/t7-,9-/m1/s1. The first kappa shape index (κ1) is 13.4. The van der Waals surface area contributed by atoms with E-state index in [-0.39, 0.29) is 29.5 Å². The molecule has 1 aliphatic heterocycles. The van der Waals surface area contributed by atoms with Crippen LogP contribution in [0.15, 0.2) is 27.4 Å². The number of hydrogen-bond acceptors (Lipinski definition) is 4. The number of aromatic amines is 1. The van der Waals surface area contributed by atoms with Crippen LogP contribution in [0.1, 0.15) is 17.3 Å². The number of rotatable bonds is 2. The average Bonchev–Trinajstić information content (AvgIpc) is 2.99. The van der Waals surface area contributed by atoms with Crippen molar-refractivity contribution in [1.29, 1.82) is 0 Å². The molecule has 1 aromatic carbocycles. The quantitative estimate of drug-likeness (QED) is 0.855. The first-order valence-corrected chi connectivity index (χ1v) is 6.61. The van der Waals surface area contributed by atoms with E-state index in [2.05, 4.69) is 4.98 Å². The van der Waals surface area contributed by atoms with Gasteiger partial charge in [-0.15, -0.1) is 0 Å². The minimum Gasteiger partial charge on any atom is -0.481 e. The Balaban J connectivity index is 1.95. The molecule has 2 heterocycles. The molecule has 21 heavy (non-hydrogen) atoms. The molecule has 0 spiro atoms. The maximum atomic E-state index is 12.5. The van der Waals surface area contributed by atoms with Gasteiger partial charge in [-0.3, -0.25) is 14.6 Å². The summed E-state index contributed by atoms with van der Waals surface area (Å²) in [5.74, 6) is -2.51. The van der Waals surface area contributed by atoms with Gasteiger partial charge in [0, 0.05) is 13.1 Å².